The van der Waals surface area contributed by atoms with Crippen LogP contribution in [-0.4, -0.2) is 23.5 Å². The Morgan fingerprint density at radius 1 is 1.18 bits per heavy atom. The normalized spacial score (nSPS) is 11.8. The Kier molecular flexibility index (Phi) is 5.30. The average Bonchev–Trinajstić information content (AvgIpc) is 3.02. The minimum atomic E-state index is -0.807. The Balaban J connectivity index is 1.86. The molecule has 116 valence electrons. The van der Waals surface area contributed by atoms with Gasteiger partial charge in [0.05, 0.1) is 0 Å². The van der Waals surface area contributed by atoms with E-state index in [1.54, 1.807) is 18.2 Å². The van der Waals surface area contributed by atoms with Crippen molar-refractivity contribution < 1.29 is 14.7 Å². The first-order chi connectivity index (χ1) is 10.5. The van der Waals surface area contributed by atoms with Gasteiger partial charge in [0.15, 0.2) is 0 Å². The summed E-state index contributed by atoms with van der Waals surface area (Å²) in [7, 11) is 0. The highest BCUT2D eigenvalue weighted by Gasteiger charge is 2.16. The SMILES string of the molecule is Cc1ccc(NC(=O)C(=O)NCC(O)c2cccs2)cc1C. The second-order valence-corrected chi connectivity index (χ2v) is 5.97. The summed E-state index contributed by atoms with van der Waals surface area (Å²) in [6.45, 7) is 3.90. The van der Waals surface area contributed by atoms with Crippen LogP contribution in [0.15, 0.2) is 35.7 Å². The first kappa shape index (κ1) is 16.2. The zero-order chi connectivity index (χ0) is 16.1. The van der Waals surface area contributed by atoms with E-state index in [-0.39, 0.29) is 6.54 Å². The first-order valence-corrected chi connectivity index (χ1v) is 7.73. The fraction of sp³-hybridized carbons (Fsp3) is 0.250. The van der Waals surface area contributed by atoms with Gasteiger partial charge >= 0.3 is 11.8 Å². The number of anilines is 1. The lowest BCUT2D eigenvalue weighted by Crippen LogP contribution is -2.37. The molecule has 2 rings (SSSR count). The number of amides is 2. The molecule has 0 aliphatic rings. The zero-order valence-corrected chi connectivity index (χ0v) is 13.2. The molecule has 5 nitrogen and oxygen atoms in total. The van der Waals surface area contributed by atoms with E-state index in [0.29, 0.717) is 5.69 Å². The fourth-order valence-corrected chi connectivity index (χ4v) is 2.57. The summed E-state index contributed by atoms with van der Waals surface area (Å²) < 4.78 is 0. The van der Waals surface area contributed by atoms with Gasteiger partial charge in [0.2, 0.25) is 0 Å². The Morgan fingerprint density at radius 2 is 1.95 bits per heavy atom. The molecule has 2 amide bonds. The fourth-order valence-electron chi connectivity index (χ4n) is 1.86. The van der Waals surface area contributed by atoms with E-state index in [0.717, 1.165) is 16.0 Å². The highest BCUT2D eigenvalue weighted by Crippen LogP contribution is 2.17. The molecule has 0 aliphatic carbocycles. The van der Waals surface area contributed by atoms with Gasteiger partial charge < -0.3 is 15.7 Å². The highest BCUT2D eigenvalue weighted by atomic mass is 32.1. The first-order valence-electron chi connectivity index (χ1n) is 6.85. The van der Waals surface area contributed by atoms with Crippen molar-refractivity contribution in [1.29, 1.82) is 0 Å². The Bertz CT molecular complexity index is 668. The zero-order valence-electron chi connectivity index (χ0n) is 12.4. The third kappa shape index (κ3) is 4.16. The number of aliphatic hydroxyl groups is 1. The monoisotopic (exact) mass is 318 g/mol. The van der Waals surface area contributed by atoms with Gasteiger partial charge in [0, 0.05) is 17.1 Å². The molecule has 0 fully saturated rings. The van der Waals surface area contributed by atoms with Crippen LogP contribution in [0.25, 0.3) is 0 Å². The molecule has 1 heterocycles. The second kappa shape index (κ2) is 7.20. The third-order valence-corrected chi connectivity index (χ3v) is 4.27. The number of carbonyl (C=O) groups excluding carboxylic acids is 2. The molecule has 0 aliphatic heterocycles. The van der Waals surface area contributed by atoms with Crippen molar-refractivity contribution in [2.24, 2.45) is 0 Å². The maximum absolute atomic E-state index is 11.8. The minimum absolute atomic E-state index is 0.000305. The Hall–Kier alpha value is -2.18. The van der Waals surface area contributed by atoms with Gasteiger partial charge in [-0.25, -0.2) is 0 Å². The largest absolute Gasteiger partial charge is 0.386 e. The number of aryl methyl sites for hydroxylation is 2. The lowest BCUT2D eigenvalue weighted by Gasteiger charge is -2.11. The maximum Gasteiger partial charge on any atom is 0.313 e. The molecule has 0 saturated carbocycles. The Morgan fingerprint density at radius 3 is 2.59 bits per heavy atom. The summed E-state index contributed by atoms with van der Waals surface area (Å²) in [6.07, 6.45) is -0.807. The minimum Gasteiger partial charge on any atom is -0.386 e. The van der Waals surface area contributed by atoms with Crippen LogP contribution in [-0.2, 0) is 9.59 Å². The van der Waals surface area contributed by atoms with Gasteiger partial charge in [-0.1, -0.05) is 12.1 Å². The van der Waals surface area contributed by atoms with E-state index in [1.807, 2.05) is 31.4 Å². The molecule has 1 aromatic heterocycles. The number of aliphatic hydroxyl groups excluding tert-OH is 1. The van der Waals surface area contributed by atoms with Gasteiger partial charge in [-0.15, -0.1) is 11.3 Å². The lowest BCUT2D eigenvalue weighted by atomic mass is 10.1. The van der Waals surface area contributed by atoms with Crippen LogP contribution in [0, 0.1) is 13.8 Å². The quantitative estimate of drug-likeness (QED) is 0.756. The molecule has 2 aromatic rings. The van der Waals surface area contributed by atoms with Gasteiger partial charge in [0.25, 0.3) is 0 Å². The van der Waals surface area contributed by atoms with Crippen molar-refractivity contribution in [3.8, 4) is 0 Å². The molecule has 0 saturated heterocycles. The van der Waals surface area contributed by atoms with Crippen LogP contribution < -0.4 is 10.6 Å². The number of hydrogen-bond acceptors (Lipinski definition) is 4. The standard InChI is InChI=1S/C16H18N2O3S/c1-10-5-6-12(8-11(10)2)18-16(21)15(20)17-9-13(19)14-4-3-7-22-14/h3-8,13,19H,9H2,1-2H3,(H,17,20)(H,18,21). The van der Waals surface area contributed by atoms with Crippen LogP contribution in [0.5, 0.6) is 0 Å². The van der Waals surface area contributed by atoms with E-state index in [2.05, 4.69) is 10.6 Å². The van der Waals surface area contributed by atoms with Crippen LogP contribution in [0.2, 0.25) is 0 Å². The molecule has 6 heteroatoms. The predicted molar refractivity (Wildman–Crippen MR) is 86.8 cm³/mol. The van der Waals surface area contributed by atoms with E-state index in [9.17, 15) is 14.7 Å². The molecule has 0 spiro atoms. The summed E-state index contributed by atoms with van der Waals surface area (Å²) in [4.78, 5) is 24.3. The third-order valence-electron chi connectivity index (χ3n) is 3.30. The molecule has 0 radical (unpaired) electrons. The van der Waals surface area contributed by atoms with E-state index >= 15 is 0 Å². The van der Waals surface area contributed by atoms with E-state index < -0.39 is 17.9 Å². The van der Waals surface area contributed by atoms with Crippen molar-refractivity contribution in [1.82, 2.24) is 5.32 Å². The van der Waals surface area contributed by atoms with E-state index in [4.69, 9.17) is 0 Å². The molecule has 22 heavy (non-hydrogen) atoms. The smallest absolute Gasteiger partial charge is 0.313 e. The van der Waals surface area contributed by atoms with E-state index in [1.165, 1.54) is 11.3 Å². The average molecular weight is 318 g/mol. The van der Waals surface area contributed by atoms with Crippen molar-refractivity contribution in [3.05, 3.63) is 51.7 Å². The number of hydrogen-bond donors (Lipinski definition) is 3. The summed E-state index contributed by atoms with van der Waals surface area (Å²) in [6, 6.07) is 9.02. The summed E-state index contributed by atoms with van der Waals surface area (Å²) in [5, 5.41) is 16.7. The topological polar surface area (TPSA) is 78.4 Å². The van der Waals surface area contributed by atoms with Crippen LogP contribution >= 0.6 is 11.3 Å². The van der Waals surface area contributed by atoms with Gasteiger partial charge in [-0.3, -0.25) is 9.59 Å². The van der Waals surface area contributed by atoms with Crippen LogP contribution in [0.1, 0.15) is 22.1 Å². The van der Waals surface area contributed by atoms with Gasteiger partial charge in [-0.2, -0.15) is 0 Å². The van der Waals surface area contributed by atoms with Crippen molar-refractivity contribution in [2.75, 3.05) is 11.9 Å². The van der Waals surface area contributed by atoms with Crippen LogP contribution in [0.4, 0.5) is 5.69 Å². The van der Waals surface area contributed by atoms with Crippen molar-refractivity contribution in [2.45, 2.75) is 20.0 Å². The maximum atomic E-state index is 11.8. The van der Waals surface area contributed by atoms with Crippen molar-refractivity contribution >= 4 is 28.8 Å². The predicted octanol–water partition coefficient (Wildman–Crippen LogP) is 2.15. The molecule has 1 aromatic carbocycles. The Labute approximate surface area is 133 Å². The molecular weight excluding hydrogens is 300 g/mol. The van der Waals surface area contributed by atoms with Crippen LogP contribution in [0.3, 0.4) is 0 Å². The number of nitrogens with one attached hydrogen (secondary N) is 2. The number of benzene rings is 1. The highest BCUT2D eigenvalue weighted by molar-refractivity contribution is 7.10. The molecule has 3 N–H and O–H groups in total. The molecule has 0 bridgehead atoms. The number of thiophene rings is 1. The summed E-state index contributed by atoms with van der Waals surface area (Å²) in [5.41, 5.74) is 2.72. The molecule has 1 unspecified atom stereocenters. The molecule has 1 atom stereocenters. The van der Waals surface area contributed by atoms with Gasteiger partial charge in [0.1, 0.15) is 6.10 Å². The molecular formula is C16H18N2O3S. The number of rotatable bonds is 4. The summed E-state index contributed by atoms with van der Waals surface area (Å²) >= 11 is 1.39. The number of carbonyl (C=O) groups is 2. The summed E-state index contributed by atoms with van der Waals surface area (Å²) in [5.74, 6) is -1.52. The second-order valence-electron chi connectivity index (χ2n) is 4.99. The van der Waals surface area contributed by atoms with Gasteiger partial charge in [-0.05, 0) is 48.6 Å². The van der Waals surface area contributed by atoms with Crippen molar-refractivity contribution in [3.63, 3.8) is 0 Å². The lowest BCUT2D eigenvalue weighted by molar-refractivity contribution is -0.136.